The number of likely N-dealkylation sites (tertiary alicyclic amines) is 1. The van der Waals surface area contributed by atoms with Crippen molar-refractivity contribution >= 4 is 23.2 Å². The second-order valence-corrected chi connectivity index (χ2v) is 7.03. The predicted molar refractivity (Wildman–Crippen MR) is 95.0 cm³/mol. The average molecular weight is 361 g/mol. The number of halogens is 1. The lowest BCUT2D eigenvalue weighted by molar-refractivity contribution is -0.127. The van der Waals surface area contributed by atoms with Gasteiger partial charge in [0.15, 0.2) is 0 Å². The fourth-order valence-corrected chi connectivity index (χ4v) is 3.80. The maximum atomic E-state index is 13.0. The summed E-state index contributed by atoms with van der Waals surface area (Å²) in [5, 5.41) is 3.59. The zero-order valence-electron chi connectivity index (χ0n) is 14.0. The Kier molecular flexibility index (Phi) is 5.43. The largest absolute Gasteiger partial charge is 0.351 e. The topological polar surface area (TPSA) is 62.3 Å². The van der Waals surface area contributed by atoms with Gasteiger partial charge in [-0.2, -0.15) is 0 Å². The fraction of sp³-hybridized carbons (Fsp3) is 0.389. The lowest BCUT2D eigenvalue weighted by Gasteiger charge is -2.15. The van der Waals surface area contributed by atoms with Gasteiger partial charge < -0.3 is 10.2 Å². The van der Waals surface area contributed by atoms with Gasteiger partial charge in [0.25, 0.3) is 5.91 Å². The van der Waals surface area contributed by atoms with Gasteiger partial charge in [0.05, 0.1) is 5.69 Å². The molecule has 0 saturated carbocycles. The molecule has 1 N–H and O–H groups in total. The van der Waals surface area contributed by atoms with Crippen LogP contribution in [-0.2, 0) is 4.79 Å². The van der Waals surface area contributed by atoms with Crippen molar-refractivity contribution in [2.75, 3.05) is 19.6 Å². The van der Waals surface area contributed by atoms with E-state index in [1.807, 2.05) is 4.90 Å². The summed E-state index contributed by atoms with van der Waals surface area (Å²) >= 11 is 1.30. The van der Waals surface area contributed by atoms with Crippen molar-refractivity contribution in [2.45, 2.75) is 26.2 Å². The van der Waals surface area contributed by atoms with E-state index in [0.717, 1.165) is 24.9 Å². The lowest BCUT2D eigenvalue weighted by atomic mass is 10.2. The number of aryl methyl sites for hydroxylation is 1. The van der Waals surface area contributed by atoms with Crippen LogP contribution in [0.25, 0.3) is 10.6 Å². The minimum absolute atomic E-state index is 0.156. The van der Waals surface area contributed by atoms with Crippen LogP contribution in [0.5, 0.6) is 0 Å². The minimum Gasteiger partial charge on any atom is -0.351 e. The summed E-state index contributed by atoms with van der Waals surface area (Å²) in [6.07, 6.45) is 2.30. The van der Waals surface area contributed by atoms with Gasteiger partial charge in [0, 0.05) is 31.6 Å². The maximum absolute atomic E-state index is 13.0. The molecule has 0 aliphatic carbocycles. The van der Waals surface area contributed by atoms with Gasteiger partial charge in [-0.1, -0.05) is 0 Å². The van der Waals surface area contributed by atoms with Crippen molar-refractivity contribution in [3.63, 3.8) is 0 Å². The number of thiazole rings is 1. The van der Waals surface area contributed by atoms with Gasteiger partial charge in [-0.15, -0.1) is 11.3 Å². The van der Waals surface area contributed by atoms with Crippen LogP contribution in [0.15, 0.2) is 24.3 Å². The highest BCUT2D eigenvalue weighted by Gasteiger charge is 2.20. The minimum atomic E-state index is -0.300. The number of carbonyl (C=O) groups excluding carboxylic acids is 2. The summed E-state index contributed by atoms with van der Waals surface area (Å²) in [5.41, 5.74) is 1.46. The van der Waals surface area contributed by atoms with E-state index in [2.05, 4.69) is 10.3 Å². The molecule has 3 rings (SSSR count). The molecule has 0 radical (unpaired) electrons. The number of aromatic nitrogens is 1. The number of hydrogen-bond acceptors (Lipinski definition) is 4. The molecular formula is C18H20FN3O2S. The molecule has 2 heterocycles. The summed E-state index contributed by atoms with van der Waals surface area (Å²) in [4.78, 5) is 30.7. The molecule has 1 aromatic heterocycles. The van der Waals surface area contributed by atoms with E-state index in [-0.39, 0.29) is 17.6 Å². The van der Waals surface area contributed by atoms with Crippen LogP contribution in [0.1, 0.15) is 34.6 Å². The highest BCUT2D eigenvalue weighted by atomic mass is 32.1. The van der Waals surface area contributed by atoms with Gasteiger partial charge in [-0.05, 0) is 44.0 Å². The van der Waals surface area contributed by atoms with Crippen LogP contribution in [-0.4, -0.2) is 41.3 Å². The maximum Gasteiger partial charge on any atom is 0.263 e. The zero-order valence-corrected chi connectivity index (χ0v) is 14.9. The summed E-state index contributed by atoms with van der Waals surface area (Å²) in [5.74, 6) is -0.254. The molecule has 5 nitrogen and oxygen atoms in total. The highest BCUT2D eigenvalue weighted by molar-refractivity contribution is 7.17. The molecule has 2 aromatic rings. The molecule has 25 heavy (non-hydrogen) atoms. The Morgan fingerprint density at radius 2 is 2.12 bits per heavy atom. The Morgan fingerprint density at radius 3 is 2.80 bits per heavy atom. The van der Waals surface area contributed by atoms with Crippen molar-refractivity contribution in [1.29, 1.82) is 0 Å². The lowest BCUT2D eigenvalue weighted by Crippen LogP contribution is -2.30. The van der Waals surface area contributed by atoms with Crippen molar-refractivity contribution in [3.8, 4) is 10.6 Å². The Morgan fingerprint density at radius 1 is 1.36 bits per heavy atom. The first-order valence-electron chi connectivity index (χ1n) is 8.34. The normalized spacial score (nSPS) is 14.2. The van der Waals surface area contributed by atoms with Gasteiger partial charge >= 0.3 is 0 Å². The molecule has 1 aliphatic rings. The number of hydrogen-bond donors (Lipinski definition) is 1. The SMILES string of the molecule is Cc1nc(-c2ccc(F)cc2)sc1C(=O)NCCCN1CCCC1=O. The number of benzene rings is 1. The van der Waals surface area contributed by atoms with Crippen LogP contribution in [0.2, 0.25) is 0 Å². The first-order chi connectivity index (χ1) is 12.0. The summed E-state index contributed by atoms with van der Waals surface area (Å²) in [6.45, 7) is 3.82. The van der Waals surface area contributed by atoms with Crippen LogP contribution in [0.3, 0.4) is 0 Å². The zero-order chi connectivity index (χ0) is 17.8. The number of nitrogens with one attached hydrogen (secondary N) is 1. The third-order valence-electron chi connectivity index (χ3n) is 4.16. The second-order valence-electron chi connectivity index (χ2n) is 6.03. The standard InChI is InChI=1S/C18H20FN3O2S/c1-12-16(25-18(21-12)13-5-7-14(19)8-6-13)17(24)20-9-3-11-22-10-2-4-15(22)23/h5-8H,2-4,9-11H2,1H3,(H,20,24). The van der Waals surface area contributed by atoms with E-state index in [0.29, 0.717) is 35.1 Å². The van der Waals surface area contributed by atoms with Gasteiger partial charge in [-0.3, -0.25) is 9.59 Å². The smallest absolute Gasteiger partial charge is 0.263 e. The molecule has 1 aromatic carbocycles. The van der Waals surface area contributed by atoms with Crippen LogP contribution < -0.4 is 5.32 Å². The third-order valence-corrected chi connectivity index (χ3v) is 5.36. The van der Waals surface area contributed by atoms with E-state index in [9.17, 15) is 14.0 Å². The fourth-order valence-electron chi connectivity index (χ4n) is 2.82. The Hall–Kier alpha value is -2.28. The van der Waals surface area contributed by atoms with Crippen molar-refractivity contribution in [1.82, 2.24) is 15.2 Å². The van der Waals surface area contributed by atoms with Crippen molar-refractivity contribution in [3.05, 3.63) is 40.7 Å². The molecule has 0 bridgehead atoms. The second kappa shape index (κ2) is 7.74. The van der Waals surface area contributed by atoms with Crippen LogP contribution in [0.4, 0.5) is 4.39 Å². The molecule has 0 spiro atoms. The van der Waals surface area contributed by atoms with E-state index >= 15 is 0 Å². The summed E-state index contributed by atoms with van der Waals surface area (Å²) in [6, 6.07) is 6.07. The quantitative estimate of drug-likeness (QED) is 0.805. The molecule has 1 fully saturated rings. The van der Waals surface area contributed by atoms with E-state index in [1.54, 1.807) is 19.1 Å². The molecule has 132 valence electrons. The van der Waals surface area contributed by atoms with Gasteiger partial charge in [0.2, 0.25) is 5.91 Å². The molecular weight excluding hydrogens is 341 g/mol. The van der Waals surface area contributed by atoms with E-state index in [4.69, 9.17) is 0 Å². The third kappa shape index (κ3) is 4.22. The predicted octanol–water partition coefficient (Wildman–Crippen LogP) is 3.00. The monoisotopic (exact) mass is 361 g/mol. The summed E-state index contributed by atoms with van der Waals surface area (Å²) in [7, 11) is 0. The van der Waals surface area contributed by atoms with E-state index in [1.165, 1.54) is 23.5 Å². The molecule has 7 heteroatoms. The number of carbonyl (C=O) groups is 2. The van der Waals surface area contributed by atoms with Gasteiger partial charge in [0.1, 0.15) is 15.7 Å². The Labute approximate surface area is 149 Å². The van der Waals surface area contributed by atoms with Gasteiger partial charge in [-0.25, -0.2) is 9.37 Å². The molecule has 0 unspecified atom stereocenters. The van der Waals surface area contributed by atoms with Crippen LogP contribution in [0, 0.1) is 12.7 Å². The molecule has 0 atom stereocenters. The van der Waals surface area contributed by atoms with E-state index < -0.39 is 0 Å². The van der Waals surface area contributed by atoms with Crippen molar-refractivity contribution < 1.29 is 14.0 Å². The summed E-state index contributed by atoms with van der Waals surface area (Å²) < 4.78 is 13.0. The number of nitrogens with zero attached hydrogens (tertiary/aromatic N) is 2. The molecule has 1 saturated heterocycles. The Bertz CT molecular complexity index is 773. The number of amides is 2. The average Bonchev–Trinajstić information content (AvgIpc) is 3.18. The Balaban J connectivity index is 1.55. The first kappa shape index (κ1) is 17.5. The number of rotatable bonds is 6. The molecule has 2 amide bonds. The van der Waals surface area contributed by atoms with Crippen LogP contribution >= 0.6 is 11.3 Å². The van der Waals surface area contributed by atoms with Crippen molar-refractivity contribution in [2.24, 2.45) is 0 Å². The molecule has 1 aliphatic heterocycles. The highest BCUT2D eigenvalue weighted by Crippen LogP contribution is 2.28. The first-order valence-corrected chi connectivity index (χ1v) is 9.15.